The van der Waals surface area contributed by atoms with Gasteiger partial charge in [-0.15, -0.1) is 0 Å². The fourth-order valence-corrected chi connectivity index (χ4v) is 3.47. The summed E-state index contributed by atoms with van der Waals surface area (Å²) in [6.45, 7) is 12.8. The zero-order chi connectivity index (χ0) is 20.2. The van der Waals surface area contributed by atoms with Crippen LogP contribution in [0, 0.1) is 12.8 Å². The molecule has 0 radical (unpaired) electrons. The predicted octanol–water partition coefficient (Wildman–Crippen LogP) is 2.81. The van der Waals surface area contributed by atoms with Gasteiger partial charge in [0.1, 0.15) is 12.4 Å². The van der Waals surface area contributed by atoms with Crippen LogP contribution in [0.5, 0.6) is 5.75 Å². The second-order valence-electron chi connectivity index (χ2n) is 7.50. The number of likely N-dealkylation sites (tertiary alicyclic amines) is 1. The van der Waals surface area contributed by atoms with Crippen molar-refractivity contribution in [3.8, 4) is 5.75 Å². The first-order valence-corrected chi connectivity index (χ1v) is 10.6. The normalized spacial score (nSPS) is 18.1. The van der Waals surface area contributed by atoms with Crippen LogP contribution in [0.3, 0.4) is 0 Å². The lowest BCUT2D eigenvalue weighted by molar-refractivity contribution is 0.110. The van der Waals surface area contributed by atoms with Gasteiger partial charge in [-0.1, -0.05) is 12.1 Å². The number of guanidine groups is 1. The highest BCUT2D eigenvalue weighted by Crippen LogP contribution is 2.21. The van der Waals surface area contributed by atoms with Gasteiger partial charge < -0.3 is 25.0 Å². The number of nitrogens with zero attached hydrogens (tertiary/aromatic N) is 2. The molecule has 1 heterocycles. The molecule has 1 unspecified atom stereocenters. The van der Waals surface area contributed by atoms with Gasteiger partial charge in [0.25, 0.3) is 0 Å². The van der Waals surface area contributed by atoms with Gasteiger partial charge >= 0.3 is 0 Å². The lowest BCUT2D eigenvalue weighted by Gasteiger charge is -2.30. The Kier molecular flexibility index (Phi) is 10.1. The third-order valence-corrected chi connectivity index (χ3v) is 4.94. The molecule has 1 atom stereocenters. The first-order chi connectivity index (χ1) is 13.6. The molecule has 1 saturated heterocycles. The maximum atomic E-state index is 5.94. The van der Waals surface area contributed by atoms with Crippen molar-refractivity contribution in [3.05, 3.63) is 29.3 Å². The maximum Gasteiger partial charge on any atom is 0.191 e. The van der Waals surface area contributed by atoms with Crippen molar-refractivity contribution in [2.45, 2.75) is 40.2 Å². The molecular formula is C22H38N4O2. The summed E-state index contributed by atoms with van der Waals surface area (Å²) in [5.41, 5.74) is 2.28. The van der Waals surface area contributed by atoms with Crippen molar-refractivity contribution in [2.24, 2.45) is 10.9 Å². The van der Waals surface area contributed by atoms with Crippen molar-refractivity contribution in [2.75, 3.05) is 53.0 Å². The Balaban J connectivity index is 1.95. The highest BCUT2D eigenvalue weighted by atomic mass is 16.5. The summed E-state index contributed by atoms with van der Waals surface area (Å²) in [6.07, 6.45) is 2.56. The van der Waals surface area contributed by atoms with Crippen LogP contribution in [0.25, 0.3) is 0 Å². The Bertz CT molecular complexity index is 606. The third-order valence-electron chi connectivity index (χ3n) is 4.94. The highest BCUT2D eigenvalue weighted by Gasteiger charge is 2.17. The SMILES string of the molecule is CCNC(=NCc1ccc(C)cc1OCCOCC)NCC1CCCN(C)C1. The van der Waals surface area contributed by atoms with Gasteiger partial charge in [-0.2, -0.15) is 0 Å². The summed E-state index contributed by atoms with van der Waals surface area (Å²) < 4.78 is 11.3. The standard InChI is InChI=1S/C22H38N4O2/c1-5-23-22(24-15-19-8-7-11-26(4)17-19)25-16-20-10-9-18(3)14-21(20)28-13-12-27-6-2/h9-10,14,19H,5-8,11-13,15-17H2,1-4H3,(H2,23,24,25). The fraction of sp³-hybridized carbons (Fsp3) is 0.682. The average molecular weight is 391 g/mol. The minimum Gasteiger partial charge on any atom is -0.491 e. The first-order valence-electron chi connectivity index (χ1n) is 10.6. The van der Waals surface area contributed by atoms with Crippen LogP contribution in [-0.2, 0) is 11.3 Å². The summed E-state index contributed by atoms with van der Waals surface area (Å²) in [5.74, 6) is 2.45. The van der Waals surface area contributed by atoms with E-state index < -0.39 is 0 Å². The highest BCUT2D eigenvalue weighted by molar-refractivity contribution is 5.79. The van der Waals surface area contributed by atoms with Crippen LogP contribution in [-0.4, -0.2) is 63.9 Å². The Hall–Kier alpha value is -1.79. The molecule has 1 aliphatic rings. The minimum atomic E-state index is 0.557. The molecule has 0 spiro atoms. The van der Waals surface area contributed by atoms with Gasteiger partial charge in [-0.3, -0.25) is 0 Å². The minimum absolute atomic E-state index is 0.557. The lowest BCUT2D eigenvalue weighted by Crippen LogP contribution is -2.43. The van der Waals surface area contributed by atoms with E-state index in [0.717, 1.165) is 36.9 Å². The number of rotatable bonds is 10. The van der Waals surface area contributed by atoms with Crippen molar-refractivity contribution in [3.63, 3.8) is 0 Å². The molecule has 1 fully saturated rings. The molecule has 6 heteroatoms. The molecule has 2 rings (SSSR count). The number of hydrogen-bond acceptors (Lipinski definition) is 4. The monoisotopic (exact) mass is 390 g/mol. The van der Waals surface area contributed by atoms with Gasteiger partial charge in [0.05, 0.1) is 13.2 Å². The summed E-state index contributed by atoms with van der Waals surface area (Å²) in [6, 6.07) is 6.29. The van der Waals surface area contributed by atoms with Gasteiger partial charge in [0.15, 0.2) is 5.96 Å². The number of aliphatic imine (C=N–C) groups is 1. The number of ether oxygens (including phenoxy) is 2. The van der Waals surface area contributed by atoms with E-state index in [9.17, 15) is 0 Å². The largest absolute Gasteiger partial charge is 0.491 e. The van der Waals surface area contributed by atoms with Crippen molar-refractivity contribution < 1.29 is 9.47 Å². The summed E-state index contributed by atoms with van der Waals surface area (Å²) in [4.78, 5) is 7.21. The molecule has 1 aliphatic heterocycles. The van der Waals surface area contributed by atoms with Crippen LogP contribution < -0.4 is 15.4 Å². The van der Waals surface area contributed by atoms with Crippen LogP contribution >= 0.6 is 0 Å². The first kappa shape index (κ1) is 22.5. The van der Waals surface area contributed by atoms with E-state index in [-0.39, 0.29) is 0 Å². The predicted molar refractivity (Wildman–Crippen MR) is 116 cm³/mol. The van der Waals surface area contributed by atoms with Crippen molar-refractivity contribution >= 4 is 5.96 Å². The molecule has 0 saturated carbocycles. The molecule has 0 aliphatic carbocycles. The molecule has 1 aromatic rings. The quantitative estimate of drug-likeness (QED) is 0.365. The molecule has 1 aromatic carbocycles. The van der Waals surface area contributed by atoms with Gasteiger partial charge in [-0.25, -0.2) is 4.99 Å². The zero-order valence-corrected chi connectivity index (χ0v) is 18.1. The molecule has 2 N–H and O–H groups in total. The zero-order valence-electron chi connectivity index (χ0n) is 18.1. The molecule has 28 heavy (non-hydrogen) atoms. The van der Waals surface area contributed by atoms with Gasteiger partial charge in [0.2, 0.25) is 0 Å². The number of benzene rings is 1. The van der Waals surface area contributed by atoms with Gasteiger partial charge in [-0.05, 0) is 64.8 Å². The van der Waals surface area contributed by atoms with E-state index in [1.165, 1.54) is 24.9 Å². The number of hydrogen-bond donors (Lipinski definition) is 2. The number of nitrogens with one attached hydrogen (secondary N) is 2. The number of piperidine rings is 1. The molecular weight excluding hydrogens is 352 g/mol. The summed E-state index contributed by atoms with van der Waals surface area (Å²) >= 11 is 0. The average Bonchev–Trinajstić information content (AvgIpc) is 2.68. The smallest absolute Gasteiger partial charge is 0.191 e. The Morgan fingerprint density at radius 1 is 1.25 bits per heavy atom. The topological polar surface area (TPSA) is 58.1 Å². The van der Waals surface area contributed by atoms with E-state index in [1.807, 2.05) is 6.92 Å². The molecule has 6 nitrogen and oxygen atoms in total. The van der Waals surface area contributed by atoms with E-state index in [1.54, 1.807) is 0 Å². The molecule has 0 amide bonds. The van der Waals surface area contributed by atoms with E-state index in [4.69, 9.17) is 14.5 Å². The van der Waals surface area contributed by atoms with Crippen LogP contribution in [0.2, 0.25) is 0 Å². The summed E-state index contributed by atoms with van der Waals surface area (Å²) in [5, 5.41) is 6.88. The van der Waals surface area contributed by atoms with Crippen LogP contribution in [0.15, 0.2) is 23.2 Å². The molecule has 0 bridgehead atoms. The van der Waals surface area contributed by atoms with Crippen molar-refractivity contribution in [1.82, 2.24) is 15.5 Å². The number of aryl methyl sites for hydroxylation is 1. The lowest BCUT2D eigenvalue weighted by atomic mass is 9.99. The van der Waals surface area contributed by atoms with Crippen LogP contribution in [0.1, 0.15) is 37.8 Å². The Morgan fingerprint density at radius 3 is 2.86 bits per heavy atom. The fourth-order valence-electron chi connectivity index (χ4n) is 3.47. The second-order valence-corrected chi connectivity index (χ2v) is 7.50. The van der Waals surface area contributed by atoms with E-state index in [0.29, 0.717) is 32.3 Å². The van der Waals surface area contributed by atoms with E-state index in [2.05, 4.69) is 54.6 Å². The van der Waals surface area contributed by atoms with Crippen molar-refractivity contribution in [1.29, 1.82) is 0 Å². The molecule has 0 aromatic heterocycles. The molecule has 158 valence electrons. The Labute approximate surface area is 170 Å². The maximum absolute atomic E-state index is 5.94. The summed E-state index contributed by atoms with van der Waals surface area (Å²) in [7, 11) is 2.20. The van der Waals surface area contributed by atoms with E-state index >= 15 is 0 Å². The van der Waals surface area contributed by atoms with Crippen LogP contribution in [0.4, 0.5) is 0 Å². The third kappa shape index (κ3) is 8.07. The Morgan fingerprint density at radius 2 is 2.11 bits per heavy atom. The van der Waals surface area contributed by atoms with Gasteiger partial charge in [0, 0.05) is 31.8 Å². The second kappa shape index (κ2) is 12.6.